The van der Waals surface area contributed by atoms with Crippen LogP contribution in [0.3, 0.4) is 0 Å². The van der Waals surface area contributed by atoms with Crippen LogP contribution in [0.25, 0.3) is 0 Å². The van der Waals surface area contributed by atoms with Gasteiger partial charge in [-0.05, 0) is 13.8 Å². The number of rotatable bonds is 2. The predicted molar refractivity (Wildman–Crippen MR) is 51.7 cm³/mol. The van der Waals surface area contributed by atoms with Crippen LogP contribution in [0.2, 0.25) is 10.3 Å². The average molecular weight is 205 g/mol. The Balaban J connectivity index is 2.77. The molecule has 2 nitrogen and oxygen atoms in total. The van der Waals surface area contributed by atoms with Crippen molar-refractivity contribution in [3.05, 3.63) is 28.3 Å². The zero-order valence-corrected chi connectivity index (χ0v) is 8.52. The summed E-state index contributed by atoms with van der Waals surface area (Å²) in [5.74, 6) is 0. The van der Waals surface area contributed by atoms with Crippen LogP contribution in [0, 0.1) is 0 Å². The molecule has 0 fully saturated rings. The first-order valence-corrected chi connectivity index (χ1v) is 4.36. The number of hydrogen-bond donors (Lipinski definition) is 0. The van der Waals surface area contributed by atoms with Gasteiger partial charge in [0.15, 0.2) is 5.15 Å². The normalized spacial score (nSPS) is 10.0. The van der Waals surface area contributed by atoms with E-state index in [0.29, 0.717) is 10.3 Å². The zero-order valence-electron chi connectivity index (χ0n) is 7.01. The Labute approximate surface area is 81.8 Å². The summed E-state index contributed by atoms with van der Waals surface area (Å²) in [7, 11) is 0. The van der Waals surface area contributed by atoms with Gasteiger partial charge >= 0.3 is 0 Å². The van der Waals surface area contributed by atoms with E-state index in [1.54, 1.807) is 10.9 Å². The second-order valence-corrected chi connectivity index (χ2v) is 3.48. The van der Waals surface area contributed by atoms with Crippen molar-refractivity contribution in [3.8, 4) is 0 Å². The highest BCUT2D eigenvalue weighted by molar-refractivity contribution is 6.40. The number of halogens is 2. The van der Waals surface area contributed by atoms with Gasteiger partial charge in [-0.25, -0.2) is 4.98 Å². The molecule has 0 bridgehead atoms. The maximum absolute atomic E-state index is 5.83. The van der Waals surface area contributed by atoms with Gasteiger partial charge in [0.1, 0.15) is 5.15 Å². The van der Waals surface area contributed by atoms with Gasteiger partial charge < -0.3 is 4.57 Å². The smallest absolute Gasteiger partial charge is 0.166 e. The molecule has 1 heterocycles. The quantitative estimate of drug-likeness (QED) is 0.678. The summed E-state index contributed by atoms with van der Waals surface area (Å²) in [6.45, 7) is 4.79. The van der Waals surface area contributed by atoms with E-state index >= 15 is 0 Å². The Morgan fingerprint density at radius 3 is 2.67 bits per heavy atom. The van der Waals surface area contributed by atoms with Crippen LogP contribution in [-0.4, -0.2) is 9.55 Å². The summed E-state index contributed by atoms with van der Waals surface area (Å²) in [4.78, 5) is 3.86. The van der Waals surface area contributed by atoms with Crippen LogP contribution in [0.15, 0.2) is 18.0 Å². The largest absolute Gasteiger partial charge is 0.317 e. The molecule has 0 amide bonds. The fourth-order valence-electron chi connectivity index (χ4n) is 0.751. The lowest BCUT2D eigenvalue weighted by Gasteiger charge is -1.98. The zero-order chi connectivity index (χ0) is 9.14. The third-order valence-electron chi connectivity index (χ3n) is 1.43. The monoisotopic (exact) mass is 204 g/mol. The van der Waals surface area contributed by atoms with Gasteiger partial charge in [0.05, 0.1) is 6.33 Å². The predicted octanol–water partition coefficient (Wildman–Crippen LogP) is 3.16. The molecule has 0 N–H and O–H groups in total. The summed E-state index contributed by atoms with van der Waals surface area (Å²) in [5.41, 5.74) is 1.25. The maximum Gasteiger partial charge on any atom is 0.166 e. The van der Waals surface area contributed by atoms with Crippen molar-refractivity contribution in [2.75, 3.05) is 0 Å². The Hall–Kier alpha value is -0.470. The van der Waals surface area contributed by atoms with Gasteiger partial charge in [0, 0.05) is 6.54 Å². The van der Waals surface area contributed by atoms with E-state index in [4.69, 9.17) is 23.2 Å². The topological polar surface area (TPSA) is 17.8 Å². The van der Waals surface area contributed by atoms with Gasteiger partial charge in [-0.3, -0.25) is 0 Å². The second kappa shape index (κ2) is 3.97. The van der Waals surface area contributed by atoms with Crippen molar-refractivity contribution in [3.63, 3.8) is 0 Å². The Morgan fingerprint density at radius 2 is 2.25 bits per heavy atom. The van der Waals surface area contributed by atoms with E-state index in [0.717, 1.165) is 6.54 Å². The Bertz CT molecular complexity index is 298. The average Bonchev–Trinajstić information content (AvgIpc) is 2.30. The molecule has 0 aliphatic rings. The Kier molecular flexibility index (Phi) is 3.18. The highest BCUT2D eigenvalue weighted by atomic mass is 35.5. The lowest BCUT2D eigenvalue weighted by molar-refractivity contribution is 0.815. The highest BCUT2D eigenvalue weighted by Crippen LogP contribution is 2.19. The van der Waals surface area contributed by atoms with E-state index < -0.39 is 0 Å². The molecule has 0 saturated heterocycles. The maximum atomic E-state index is 5.83. The minimum Gasteiger partial charge on any atom is -0.317 e. The number of nitrogens with zero attached hydrogens (tertiary/aromatic N) is 2. The van der Waals surface area contributed by atoms with Crippen molar-refractivity contribution >= 4 is 23.2 Å². The molecule has 0 radical (unpaired) electrons. The molecule has 0 aliphatic carbocycles. The summed E-state index contributed by atoms with van der Waals surface area (Å²) in [5, 5.41) is 0.855. The van der Waals surface area contributed by atoms with Gasteiger partial charge in [-0.2, -0.15) is 0 Å². The molecule has 0 spiro atoms. The standard InChI is InChI=1S/C8H10Cl2N2/c1-6(2)3-4-12-5-11-7(9)8(12)10/h3,5H,4H2,1-2H3. The molecule has 1 aromatic rings. The molecular formula is C8H10Cl2N2. The molecule has 0 aromatic carbocycles. The molecular weight excluding hydrogens is 195 g/mol. The second-order valence-electron chi connectivity index (χ2n) is 2.76. The summed E-state index contributed by atoms with van der Waals surface area (Å²) in [6, 6.07) is 0. The minimum absolute atomic E-state index is 0.360. The third kappa shape index (κ3) is 2.26. The summed E-state index contributed by atoms with van der Waals surface area (Å²) < 4.78 is 1.79. The van der Waals surface area contributed by atoms with Gasteiger partial charge in [0.2, 0.25) is 0 Å². The molecule has 1 aromatic heterocycles. The van der Waals surface area contributed by atoms with Gasteiger partial charge in [-0.1, -0.05) is 34.9 Å². The van der Waals surface area contributed by atoms with E-state index in [1.165, 1.54) is 5.57 Å². The van der Waals surface area contributed by atoms with E-state index in [2.05, 4.69) is 11.1 Å². The van der Waals surface area contributed by atoms with Crippen molar-refractivity contribution in [2.45, 2.75) is 20.4 Å². The molecule has 12 heavy (non-hydrogen) atoms. The lowest BCUT2D eigenvalue weighted by Crippen LogP contribution is -1.92. The summed E-state index contributed by atoms with van der Waals surface area (Å²) >= 11 is 11.5. The molecule has 66 valence electrons. The first-order valence-electron chi connectivity index (χ1n) is 3.60. The first kappa shape index (κ1) is 9.62. The van der Waals surface area contributed by atoms with Crippen LogP contribution >= 0.6 is 23.2 Å². The Morgan fingerprint density at radius 1 is 1.58 bits per heavy atom. The van der Waals surface area contributed by atoms with Crippen molar-refractivity contribution < 1.29 is 0 Å². The van der Waals surface area contributed by atoms with Crippen molar-refractivity contribution in [1.29, 1.82) is 0 Å². The van der Waals surface area contributed by atoms with Gasteiger partial charge in [0.25, 0.3) is 0 Å². The number of hydrogen-bond acceptors (Lipinski definition) is 1. The first-order chi connectivity index (χ1) is 5.61. The van der Waals surface area contributed by atoms with E-state index in [1.807, 2.05) is 13.8 Å². The molecule has 0 unspecified atom stereocenters. The number of aromatic nitrogens is 2. The van der Waals surface area contributed by atoms with E-state index in [-0.39, 0.29) is 0 Å². The molecule has 0 aliphatic heterocycles. The lowest BCUT2D eigenvalue weighted by atomic mass is 10.3. The third-order valence-corrected chi connectivity index (χ3v) is 2.20. The highest BCUT2D eigenvalue weighted by Gasteiger charge is 2.03. The minimum atomic E-state index is 0.360. The van der Waals surface area contributed by atoms with Crippen LogP contribution in [-0.2, 0) is 6.54 Å². The molecule has 0 saturated carbocycles. The summed E-state index contributed by atoms with van der Waals surface area (Å²) in [6.07, 6.45) is 3.69. The molecule has 1 rings (SSSR count). The van der Waals surface area contributed by atoms with Crippen LogP contribution in [0.5, 0.6) is 0 Å². The van der Waals surface area contributed by atoms with Gasteiger partial charge in [-0.15, -0.1) is 0 Å². The molecule has 0 atom stereocenters. The van der Waals surface area contributed by atoms with Crippen molar-refractivity contribution in [1.82, 2.24) is 9.55 Å². The van der Waals surface area contributed by atoms with E-state index in [9.17, 15) is 0 Å². The molecule has 4 heteroatoms. The number of allylic oxidation sites excluding steroid dienone is 2. The SMILES string of the molecule is CC(C)=CCn1cnc(Cl)c1Cl. The van der Waals surface area contributed by atoms with Crippen LogP contribution < -0.4 is 0 Å². The fraction of sp³-hybridized carbons (Fsp3) is 0.375. The van der Waals surface area contributed by atoms with Crippen molar-refractivity contribution in [2.24, 2.45) is 0 Å². The van der Waals surface area contributed by atoms with Crippen LogP contribution in [0.1, 0.15) is 13.8 Å². The van der Waals surface area contributed by atoms with Crippen LogP contribution in [0.4, 0.5) is 0 Å². The fourth-order valence-corrected chi connectivity index (χ4v) is 1.06. The number of imidazole rings is 1.